The van der Waals surface area contributed by atoms with E-state index in [1.54, 1.807) is 0 Å². The van der Waals surface area contributed by atoms with Gasteiger partial charge in [0.15, 0.2) is 17.5 Å². The van der Waals surface area contributed by atoms with Gasteiger partial charge in [0.05, 0.1) is 11.6 Å². The second kappa shape index (κ2) is 11.7. The van der Waals surface area contributed by atoms with Gasteiger partial charge < -0.3 is 0 Å². The molecule has 48 heavy (non-hydrogen) atoms. The molecule has 4 aliphatic rings. The van der Waals surface area contributed by atoms with Crippen LogP contribution in [0.15, 0.2) is 127 Å². The summed E-state index contributed by atoms with van der Waals surface area (Å²) in [6.45, 7) is 0. The highest BCUT2D eigenvalue weighted by Gasteiger charge is 2.51. The first-order chi connectivity index (χ1) is 23.6. The maximum atomic E-state index is 9.59. The lowest BCUT2D eigenvalue weighted by molar-refractivity contribution is -0.00518. The van der Waals surface area contributed by atoms with Crippen LogP contribution in [0.4, 0.5) is 0 Å². The van der Waals surface area contributed by atoms with Crippen LogP contribution in [0.25, 0.3) is 56.4 Å². The zero-order valence-electron chi connectivity index (χ0n) is 26.9. The van der Waals surface area contributed by atoms with Gasteiger partial charge in [0, 0.05) is 16.7 Å². The van der Waals surface area contributed by atoms with Crippen LogP contribution in [0.5, 0.6) is 0 Å². The minimum atomic E-state index is 0.365. The molecule has 0 unspecified atom stereocenters. The Balaban J connectivity index is 1.08. The second-order valence-electron chi connectivity index (χ2n) is 14.3. The Hall–Kier alpha value is -5.40. The minimum absolute atomic E-state index is 0.365. The van der Waals surface area contributed by atoms with Gasteiger partial charge in [0.1, 0.15) is 0 Å². The number of nitriles is 1. The van der Waals surface area contributed by atoms with E-state index in [0.717, 1.165) is 56.7 Å². The molecule has 4 heteroatoms. The molecule has 0 N–H and O–H groups in total. The van der Waals surface area contributed by atoms with Crippen molar-refractivity contribution in [1.82, 2.24) is 15.0 Å². The highest BCUT2D eigenvalue weighted by atomic mass is 15.0. The van der Waals surface area contributed by atoms with Crippen molar-refractivity contribution in [3.8, 4) is 62.5 Å². The average molecular weight is 621 g/mol. The topological polar surface area (TPSA) is 62.5 Å². The molecule has 0 atom stereocenters. The molecule has 4 bridgehead atoms. The molecule has 6 aromatic rings. The zero-order chi connectivity index (χ0) is 32.1. The lowest BCUT2D eigenvalue weighted by Gasteiger charge is -2.57. The first kappa shape index (κ1) is 28.8. The molecule has 4 aliphatic carbocycles. The lowest BCUT2D eigenvalue weighted by Crippen LogP contribution is -2.48. The van der Waals surface area contributed by atoms with Gasteiger partial charge in [0.25, 0.3) is 0 Å². The van der Waals surface area contributed by atoms with Crippen molar-refractivity contribution in [2.75, 3.05) is 0 Å². The van der Waals surface area contributed by atoms with Crippen molar-refractivity contribution >= 4 is 0 Å². The first-order valence-corrected chi connectivity index (χ1v) is 17.3. The highest BCUT2D eigenvalue weighted by molar-refractivity contribution is 5.85. The van der Waals surface area contributed by atoms with E-state index < -0.39 is 0 Å². The molecular formula is C44H36N4. The number of aromatic nitrogens is 3. The first-order valence-electron chi connectivity index (χ1n) is 17.3. The third kappa shape index (κ3) is 5.20. The maximum Gasteiger partial charge on any atom is 0.164 e. The normalized spacial score (nSPS) is 22.4. The summed E-state index contributed by atoms with van der Waals surface area (Å²) in [5, 5.41) is 9.59. The van der Waals surface area contributed by atoms with Crippen LogP contribution >= 0.6 is 0 Å². The molecular weight excluding hydrogens is 585 g/mol. The van der Waals surface area contributed by atoms with Gasteiger partial charge in [0.2, 0.25) is 0 Å². The molecule has 4 fully saturated rings. The van der Waals surface area contributed by atoms with Crippen LogP contribution in [0, 0.1) is 29.1 Å². The average Bonchev–Trinajstić information content (AvgIpc) is 3.15. The van der Waals surface area contributed by atoms with Gasteiger partial charge in [-0.3, -0.25) is 0 Å². The molecule has 1 aromatic heterocycles. The Morgan fingerprint density at radius 2 is 0.917 bits per heavy atom. The fourth-order valence-electron chi connectivity index (χ4n) is 9.31. The van der Waals surface area contributed by atoms with Crippen molar-refractivity contribution in [3.63, 3.8) is 0 Å². The number of hydrogen-bond acceptors (Lipinski definition) is 4. The van der Waals surface area contributed by atoms with Gasteiger partial charge in [-0.2, -0.15) is 5.26 Å². The van der Waals surface area contributed by atoms with Crippen LogP contribution < -0.4 is 0 Å². The molecule has 0 aliphatic heterocycles. The Morgan fingerprint density at radius 1 is 0.479 bits per heavy atom. The largest absolute Gasteiger partial charge is 0.208 e. The maximum absolute atomic E-state index is 9.59. The summed E-state index contributed by atoms with van der Waals surface area (Å²) < 4.78 is 0. The van der Waals surface area contributed by atoms with Crippen LogP contribution in [0.1, 0.15) is 49.7 Å². The molecule has 0 saturated heterocycles. The smallest absolute Gasteiger partial charge is 0.164 e. The molecule has 5 aromatic carbocycles. The van der Waals surface area contributed by atoms with Crippen molar-refractivity contribution in [3.05, 3.63) is 139 Å². The Morgan fingerprint density at radius 3 is 1.44 bits per heavy atom. The van der Waals surface area contributed by atoms with E-state index in [1.807, 2.05) is 54.6 Å². The summed E-state index contributed by atoms with van der Waals surface area (Å²) in [7, 11) is 0. The van der Waals surface area contributed by atoms with Crippen molar-refractivity contribution in [1.29, 1.82) is 5.26 Å². The van der Waals surface area contributed by atoms with E-state index in [4.69, 9.17) is 15.0 Å². The highest BCUT2D eigenvalue weighted by Crippen LogP contribution is 2.60. The fraction of sp³-hybridized carbons (Fsp3) is 0.227. The quantitative estimate of drug-likeness (QED) is 0.186. The van der Waals surface area contributed by atoms with E-state index in [1.165, 1.54) is 44.1 Å². The van der Waals surface area contributed by atoms with Gasteiger partial charge in [-0.05, 0) is 102 Å². The summed E-state index contributed by atoms with van der Waals surface area (Å²) in [5.41, 5.74) is 9.70. The van der Waals surface area contributed by atoms with Crippen LogP contribution in [0.3, 0.4) is 0 Å². The van der Waals surface area contributed by atoms with Crippen LogP contribution in [-0.2, 0) is 5.41 Å². The van der Waals surface area contributed by atoms with Gasteiger partial charge in [-0.1, -0.05) is 115 Å². The molecule has 4 nitrogen and oxygen atoms in total. The third-order valence-electron chi connectivity index (χ3n) is 11.1. The Kier molecular flexibility index (Phi) is 7.01. The van der Waals surface area contributed by atoms with E-state index in [0.29, 0.717) is 28.5 Å². The number of rotatable bonds is 6. The lowest BCUT2D eigenvalue weighted by atomic mass is 9.48. The standard InChI is InChI=1S/C44H36N4/c45-28-29-11-20-39(40(24-29)33-7-3-1-4-8-33)34-12-14-36(15-13-34)42-46-41(35-9-5-2-6-10-35)47-43(48-42)37-16-18-38(19-17-37)44-25-30-21-31(26-44)23-32(22-30)27-44/h1-20,24,30-32H,21-23,25-27H2. The molecule has 10 rings (SSSR count). The minimum Gasteiger partial charge on any atom is -0.208 e. The zero-order valence-corrected chi connectivity index (χ0v) is 26.9. The fourth-order valence-corrected chi connectivity index (χ4v) is 9.31. The Bertz CT molecular complexity index is 2110. The van der Waals surface area contributed by atoms with Crippen LogP contribution in [-0.4, -0.2) is 15.0 Å². The molecule has 232 valence electrons. The molecule has 0 radical (unpaired) electrons. The molecule has 1 heterocycles. The van der Waals surface area contributed by atoms with Crippen molar-refractivity contribution in [2.45, 2.75) is 43.9 Å². The molecule has 4 saturated carbocycles. The van der Waals surface area contributed by atoms with Gasteiger partial charge >= 0.3 is 0 Å². The summed E-state index contributed by atoms with van der Waals surface area (Å²) in [4.78, 5) is 15.0. The van der Waals surface area contributed by atoms with Crippen molar-refractivity contribution < 1.29 is 0 Å². The van der Waals surface area contributed by atoms with Crippen molar-refractivity contribution in [2.24, 2.45) is 17.8 Å². The predicted octanol–water partition coefficient (Wildman–Crippen LogP) is 10.5. The van der Waals surface area contributed by atoms with E-state index >= 15 is 0 Å². The van der Waals surface area contributed by atoms with Gasteiger partial charge in [-0.15, -0.1) is 0 Å². The monoisotopic (exact) mass is 620 g/mol. The van der Waals surface area contributed by atoms with E-state index in [9.17, 15) is 5.26 Å². The van der Waals surface area contributed by atoms with Gasteiger partial charge in [-0.25, -0.2) is 15.0 Å². The van der Waals surface area contributed by atoms with E-state index in [2.05, 4.69) is 78.9 Å². The number of benzene rings is 5. The van der Waals surface area contributed by atoms with Crippen LogP contribution in [0.2, 0.25) is 0 Å². The predicted molar refractivity (Wildman–Crippen MR) is 192 cm³/mol. The molecule has 0 amide bonds. The SMILES string of the molecule is N#Cc1ccc(-c2ccc(-c3nc(-c4ccccc4)nc(-c4ccc(C56CC7CC(CC(C7)C5)C6)cc4)n3)cc2)c(-c2ccccc2)c1. The summed E-state index contributed by atoms with van der Waals surface area (Å²) in [5.74, 6) is 4.77. The Labute approximate surface area is 282 Å². The number of nitrogens with zero attached hydrogens (tertiary/aromatic N) is 4. The summed E-state index contributed by atoms with van der Waals surface area (Å²) in [6.07, 6.45) is 8.44. The summed E-state index contributed by atoms with van der Waals surface area (Å²) in [6, 6.07) is 46.2. The summed E-state index contributed by atoms with van der Waals surface area (Å²) >= 11 is 0. The second-order valence-corrected chi connectivity index (χ2v) is 14.3. The van der Waals surface area contributed by atoms with E-state index in [-0.39, 0.29) is 0 Å². The number of hydrogen-bond donors (Lipinski definition) is 0. The third-order valence-corrected chi connectivity index (χ3v) is 11.1. The molecule has 0 spiro atoms.